The first kappa shape index (κ1) is 14.6. The predicted octanol–water partition coefficient (Wildman–Crippen LogP) is 5.21. The number of fused-ring (bicyclic) bond motifs is 1. The van der Waals surface area contributed by atoms with E-state index >= 15 is 0 Å². The van der Waals surface area contributed by atoms with Crippen LogP contribution in [0, 0.1) is 10.1 Å². The molecule has 2 aromatic carbocycles. The number of aromatic nitrogens is 1. The molecular formula is C15H8Cl2N2O3. The van der Waals surface area contributed by atoms with E-state index in [4.69, 9.17) is 27.6 Å². The van der Waals surface area contributed by atoms with Gasteiger partial charge in [-0.15, -0.1) is 0 Å². The van der Waals surface area contributed by atoms with Crippen molar-refractivity contribution >= 4 is 52.1 Å². The van der Waals surface area contributed by atoms with Crippen LogP contribution in [0.3, 0.4) is 0 Å². The van der Waals surface area contributed by atoms with Crippen LogP contribution in [0.15, 0.2) is 40.8 Å². The van der Waals surface area contributed by atoms with Crippen molar-refractivity contribution in [3.05, 3.63) is 68.0 Å². The molecule has 0 atom stereocenters. The number of nitro groups is 1. The summed E-state index contributed by atoms with van der Waals surface area (Å²) in [5.41, 5.74) is 1.72. The van der Waals surface area contributed by atoms with Crippen LogP contribution < -0.4 is 0 Å². The summed E-state index contributed by atoms with van der Waals surface area (Å²) in [6, 6.07) is 9.34. The number of oxazole rings is 1. The molecule has 7 heteroatoms. The summed E-state index contributed by atoms with van der Waals surface area (Å²) in [6.07, 6.45) is 3.21. The van der Waals surface area contributed by atoms with Crippen molar-refractivity contribution in [3.8, 4) is 0 Å². The summed E-state index contributed by atoms with van der Waals surface area (Å²) in [7, 11) is 0. The molecule has 0 saturated carbocycles. The van der Waals surface area contributed by atoms with E-state index in [1.54, 1.807) is 30.4 Å². The van der Waals surface area contributed by atoms with Gasteiger partial charge < -0.3 is 4.42 Å². The minimum Gasteiger partial charge on any atom is -0.437 e. The van der Waals surface area contributed by atoms with Crippen LogP contribution in [0.2, 0.25) is 10.0 Å². The second-order valence-corrected chi connectivity index (χ2v) is 5.30. The summed E-state index contributed by atoms with van der Waals surface area (Å²) in [5.74, 6) is 0.361. The summed E-state index contributed by atoms with van der Waals surface area (Å²) >= 11 is 11.9. The van der Waals surface area contributed by atoms with Crippen LogP contribution in [0.4, 0.5) is 5.69 Å². The fraction of sp³-hybridized carbons (Fsp3) is 0. The summed E-state index contributed by atoms with van der Waals surface area (Å²) < 4.78 is 5.53. The molecule has 0 saturated heterocycles. The molecule has 0 amide bonds. The summed E-state index contributed by atoms with van der Waals surface area (Å²) in [6.45, 7) is 0. The molecule has 3 rings (SSSR count). The Balaban J connectivity index is 1.95. The molecule has 3 aromatic rings. The normalized spacial score (nSPS) is 11.4. The highest BCUT2D eigenvalue weighted by molar-refractivity contribution is 6.32. The minimum absolute atomic E-state index is 0.0339. The standard InChI is InChI=1S/C15H8Cl2N2O3/c16-10-2-5-14-13(8-10)18-15(22-14)6-1-9-7-11(19(20)21)3-4-12(9)17/h1-8H/b6-1+. The molecule has 0 radical (unpaired) electrons. The zero-order valence-corrected chi connectivity index (χ0v) is 12.5. The second-order valence-electron chi connectivity index (χ2n) is 4.46. The van der Waals surface area contributed by atoms with Gasteiger partial charge in [0.15, 0.2) is 5.58 Å². The molecule has 0 aliphatic heterocycles. The zero-order valence-electron chi connectivity index (χ0n) is 11.0. The Bertz CT molecular complexity index is 903. The van der Waals surface area contributed by atoms with Gasteiger partial charge in [-0.25, -0.2) is 4.98 Å². The molecule has 1 aromatic heterocycles. The van der Waals surface area contributed by atoms with Crippen LogP contribution in [-0.2, 0) is 0 Å². The van der Waals surface area contributed by atoms with Crippen LogP contribution in [0.5, 0.6) is 0 Å². The number of nitrogens with zero attached hydrogens (tertiary/aromatic N) is 2. The molecule has 0 fully saturated rings. The number of hydrogen-bond acceptors (Lipinski definition) is 4. The van der Waals surface area contributed by atoms with E-state index < -0.39 is 4.92 Å². The van der Waals surface area contributed by atoms with Gasteiger partial charge in [-0.2, -0.15) is 0 Å². The van der Waals surface area contributed by atoms with Gasteiger partial charge in [0.25, 0.3) is 5.69 Å². The first-order valence-electron chi connectivity index (χ1n) is 6.21. The van der Waals surface area contributed by atoms with E-state index in [-0.39, 0.29) is 5.69 Å². The van der Waals surface area contributed by atoms with Gasteiger partial charge in [0.2, 0.25) is 5.89 Å². The molecule has 0 bridgehead atoms. The van der Waals surface area contributed by atoms with E-state index in [1.807, 2.05) is 0 Å². The summed E-state index contributed by atoms with van der Waals surface area (Å²) in [5, 5.41) is 11.8. The third-order valence-electron chi connectivity index (χ3n) is 2.96. The quantitative estimate of drug-likeness (QED) is 0.486. The Hall–Kier alpha value is -2.37. The Morgan fingerprint density at radius 1 is 1.14 bits per heavy atom. The number of nitro benzene ring substituents is 1. The first-order valence-corrected chi connectivity index (χ1v) is 6.96. The monoisotopic (exact) mass is 334 g/mol. The van der Waals surface area contributed by atoms with E-state index in [0.717, 1.165) is 0 Å². The molecule has 1 heterocycles. The van der Waals surface area contributed by atoms with Crippen molar-refractivity contribution in [2.24, 2.45) is 0 Å². The van der Waals surface area contributed by atoms with E-state index in [2.05, 4.69) is 4.98 Å². The van der Waals surface area contributed by atoms with Crippen molar-refractivity contribution in [1.29, 1.82) is 0 Å². The molecule has 22 heavy (non-hydrogen) atoms. The molecule has 0 unspecified atom stereocenters. The third-order valence-corrected chi connectivity index (χ3v) is 3.54. The smallest absolute Gasteiger partial charge is 0.270 e. The average Bonchev–Trinajstić information content (AvgIpc) is 2.88. The predicted molar refractivity (Wildman–Crippen MR) is 86.1 cm³/mol. The molecule has 5 nitrogen and oxygen atoms in total. The molecule has 0 N–H and O–H groups in total. The van der Waals surface area contributed by atoms with E-state index in [0.29, 0.717) is 32.6 Å². The fourth-order valence-electron chi connectivity index (χ4n) is 1.92. The van der Waals surface area contributed by atoms with E-state index in [1.165, 1.54) is 18.2 Å². The molecule has 110 valence electrons. The van der Waals surface area contributed by atoms with Crippen molar-refractivity contribution in [2.45, 2.75) is 0 Å². The van der Waals surface area contributed by atoms with Crippen LogP contribution >= 0.6 is 23.2 Å². The molecular weight excluding hydrogens is 327 g/mol. The number of hydrogen-bond donors (Lipinski definition) is 0. The SMILES string of the molecule is O=[N+]([O-])c1ccc(Cl)c(/C=C/c2nc3cc(Cl)ccc3o2)c1. The van der Waals surface area contributed by atoms with Crippen molar-refractivity contribution < 1.29 is 9.34 Å². The van der Waals surface area contributed by atoms with Crippen molar-refractivity contribution in [2.75, 3.05) is 0 Å². The molecule has 0 aliphatic carbocycles. The highest BCUT2D eigenvalue weighted by atomic mass is 35.5. The number of non-ortho nitro benzene ring substituents is 1. The Kier molecular flexibility index (Phi) is 3.83. The fourth-order valence-corrected chi connectivity index (χ4v) is 2.27. The highest BCUT2D eigenvalue weighted by Crippen LogP contribution is 2.25. The maximum absolute atomic E-state index is 10.8. The van der Waals surface area contributed by atoms with Crippen molar-refractivity contribution in [1.82, 2.24) is 4.98 Å². The lowest BCUT2D eigenvalue weighted by Crippen LogP contribution is -1.88. The minimum atomic E-state index is -0.477. The Morgan fingerprint density at radius 2 is 1.95 bits per heavy atom. The largest absolute Gasteiger partial charge is 0.437 e. The van der Waals surface area contributed by atoms with Gasteiger partial charge in [-0.1, -0.05) is 23.2 Å². The lowest BCUT2D eigenvalue weighted by Gasteiger charge is -1.97. The van der Waals surface area contributed by atoms with E-state index in [9.17, 15) is 10.1 Å². The number of rotatable bonds is 3. The van der Waals surface area contributed by atoms with Gasteiger partial charge in [-0.05, 0) is 30.3 Å². The molecule has 0 spiro atoms. The van der Waals surface area contributed by atoms with Crippen molar-refractivity contribution in [3.63, 3.8) is 0 Å². The number of benzene rings is 2. The average molecular weight is 335 g/mol. The van der Waals surface area contributed by atoms with Gasteiger partial charge in [0, 0.05) is 33.8 Å². The summed E-state index contributed by atoms with van der Waals surface area (Å²) in [4.78, 5) is 14.6. The van der Waals surface area contributed by atoms with Gasteiger partial charge in [-0.3, -0.25) is 10.1 Å². The second kappa shape index (κ2) is 5.79. The van der Waals surface area contributed by atoms with Crippen LogP contribution in [0.25, 0.3) is 23.3 Å². The third kappa shape index (κ3) is 2.95. The zero-order chi connectivity index (χ0) is 15.7. The topological polar surface area (TPSA) is 69.2 Å². The molecule has 0 aliphatic rings. The maximum atomic E-state index is 10.8. The first-order chi connectivity index (χ1) is 10.5. The van der Waals surface area contributed by atoms with Crippen LogP contribution in [0.1, 0.15) is 11.5 Å². The number of halogens is 2. The van der Waals surface area contributed by atoms with Gasteiger partial charge in [0.1, 0.15) is 5.52 Å². The lowest BCUT2D eigenvalue weighted by atomic mass is 10.2. The van der Waals surface area contributed by atoms with Crippen LogP contribution in [-0.4, -0.2) is 9.91 Å². The lowest BCUT2D eigenvalue weighted by molar-refractivity contribution is -0.384. The van der Waals surface area contributed by atoms with Gasteiger partial charge in [0.05, 0.1) is 4.92 Å². The maximum Gasteiger partial charge on any atom is 0.270 e. The Labute approximate surface area is 134 Å². The highest BCUT2D eigenvalue weighted by Gasteiger charge is 2.08. The Morgan fingerprint density at radius 3 is 2.73 bits per heavy atom. The van der Waals surface area contributed by atoms with Gasteiger partial charge >= 0.3 is 0 Å².